The number of carbonyl (C=O) groups excluding carboxylic acids is 1. The van der Waals surface area contributed by atoms with Crippen LogP contribution in [0, 0.1) is 0 Å². The lowest BCUT2D eigenvalue weighted by Crippen LogP contribution is -2.03. The molecule has 0 atom stereocenters. The molecule has 0 saturated heterocycles. The summed E-state index contributed by atoms with van der Waals surface area (Å²) < 4.78 is 2.79. The zero-order valence-electron chi connectivity index (χ0n) is 9.24. The zero-order valence-corrected chi connectivity index (χ0v) is 12.5. The molecule has 0 amide bonds. The van der Waals surface area contributed by atoms with Gasteiger partial charge in [0.05, 0.1) is 20.5 Å². The van der Waals surface area contributed by atoms with Crippen LogP contribution in [0.5, 0.6) is 0 Å². The summed E-state index contributed by atoms with van der Waals surface area (Å²) in [5.41, 5.74) is 0. The van der Waals surface area contributed by atoms with Crippen LogP contribution in [0.15, 0.2) is 21.1 Å². The molecule has 8 heteroatoms. The van der Waals surface area contributed by atoms with Crippen molar-refractivity contribution in [3.05, 3.63) is 20.8 Å². The molecule has 0 aromatic carbocycles. The molecule has 18 heavy (non-hydrogen) atoms. The van der Waals surface area contributed by atoms with E-state index in [-0.39, 0.29) is 5.78 Å². The summed E-state index contributed by atoms with van der Waals surface area (Å²) in [5.74, 6) is 0.487. The van der Waals surface area contributed by atoms with Gasteiger partial charge in [0, 0.05) is 0 Å². The third kappa shape index (κ3) is 2.65. The van der Waals surface area contributed by atoms with Crippen molar-refractivity contribution in [2.75, 3.05) is 5.75 Å². The van der Waals surface area contributed by atoms with Crippen LogP contribution in [0.1, 0.15) is 28.6 Å². The summed E-state index contributed by atoms with van der Waals surface area (Å²) in [6.07, 6.45) is 2.26. The van der Waals surface area contributed by atoms with E-state index in [0.717, 1.165) is 26.7 Å². The molecule has 1 saturated carbocycles. The molecular weight excluding hydrogens is 336 g/mol. The van der Waals surface area contributed by atoms with Crippen LogP contribution >= 0.6 is 39.0 Å². The molecule has 0 radical (unpaired) electrons. The highest BCUT2D eigenvalue weighted by Gasteiger charge is 2.28. The van der Waals surface area contributed by atoms with E-state index >= 15 is 0 Å². The Morgan fingerprint density at radius 3 is 3.06 bits per heavy atom. The second-order valence-corrected chi connectivity index (χ2v) is 7.36. The molecule has 2 aromatic rings. The van der Waals surface area contributed by atoms with Crippen LogP contribution in [0.2, 0.25) is 0 Å². The summed E-state index contributed by atoms with van der Waals surface area (Å²) >= 11 is 6.21. The van der Waals surface area contributed by atoms with Crippen LogP contribution in [0.4, 0.5) is 0 Å². The normalized spacial score (nSPS) is 14.9. The van der Waals surface area contributed by atoms with E-state index in [2.05, 4.69) is 31.5 Å². The first-order valence-corrected chi connectivity index (χ1v) is 8.03. The van der Waals surface area contributed by atoms with Crippen molar-refractivity contribution >= 4 is 44.8 Å². The lowest BCUT2D eigenvalue weighted by molar-refractivity contribution is 0.102. The number of halogens is 1. The van der Waals surface area contributed by atoms with Crippen LogP contribution in [0.3, 0.4) is 0 Å². The molecule has 1 aliphatic carbocycles. The van der Waals surface area contributed by atoms with Crippen LogP contribution in [-0.2, 0) is 0 Å². The van der Waals surface area contributed by atoms with Gasteiger partial charge >= 0.3 is 0 Å². The number of hydrogen-bond donors (Lipinski definition) is 0. The number of thioether (sulfide) groups is 1. The lowest BCUT2D eigenvalue weighted by Gasteiger charge is -2.00. The number of hydrogen-bond acceptors (Lipinski definition) is 6. The number of thiophene rings is 1. The van der Waals surface area contributed by atoms with E-state index < -0.39 is 0 Å². The number of carbonyl (C=O) groups is 1. The Balaban J connectivity index is 1.63. The van der Waals surface area contributed by atoms with E-state index in [1.807, 2.05) is 16.8 Å². The molecule has 0 bridgehead atoms. The topological polar surface area (TPSA) is 60.7 Å². The Kier molecular flexibility index (Phi) is 3.49. The zero-order chi connectivity index (χ0) is 12.5. The Hall–Kier alpha value is -0.730. The standard InChI is InChI=1S/C10H9BrN4OS2/c11-9-4-3-8(18-9)7(16)5-17-10-12-13-14-15(10)6-1-2-6/h3-4,6H,1-2,5H2. The molecule has 0 unspecified atom stereocenters. The maximum Gasteiger partial charge on any atom is 0.210 e. The number of tetrazole rings is 1. The molecule has 94 valence electrons. The first-order chi connectivity index (χ1) is 8.74. The Morgan fingerprint density at radius 2 is 2.39 bits per heavy atom. The predicted molar refractivity (Wildman–Crippen MR) is 73.2 cm³/mol. The van der Waals surface area contributed by atoms with Gasteiger partial charge in [0.2, 0.25) is 5.16 Å². The van der Waals surface area contributed by atoms with Gasteiger partial charge in [-0.1, -0.05) is 11.8 Å². The molecule has 0 spiro atoms. The number of ketones is 1. The van der Waals surface area contributed by atoms with Crippen molar-refractivity contribution in [1.82, 2.24) is 20.2 Å². The van der Waals surface area contributed by atoms with Gasteiger partial charge in [0.25, 0.3) is 0 Å². The van der Waals surface area contributed by atoms with E-state index in [4.69, 9.17) is 0 Å². The van der Waals surface area contributed by atoms with E-state index in [1.54, 1.807) is 0 Å². The molecular formula is C10H9BrN4OS2. The molecule has 2 aromatic heterocycles. The molecule has 0 aliphatic heterocycles. The SMILES string of the molecule is O=C(CSc1nnnn1C1CC1)c1ccc(Br)s1. The Labute approximate surface area is 120 Å². The van der Waals surface area contributed by atoms with Gasteiger partial charge in [0.15, 0.2) is 5.78 Å². The molecule has 1 aliphatic rings. The van der Waals surface area contributed by atoms with Crippen molar-refractivity contribution in [3.8, 4) is 0 Å². The van der Waals surface area contributed by atoms with Gasteiger partial charge in [-0.25, -0.2) is 4.68 Å². The fourth-order valence-electron chi connectivity index (χ4n) is 1.49. The first kappa shape index (κ1) is 12.3. The van der Waals surface area contributed by atoms with Crippen molar-refractivity contribution < 1.29 is 4.79 Å². The monoisotopic (exact) mass is 344 g/mol. The van der Waals surface area contributed by atoms with Gasteiger partial charge in [-0.3, -0.25) is 4.79 Å². The van der Waals surface area contributed by atoms with Gasteiger partial charge < -0.3 is 0 Å². The van der Waals surface area contributed by atoms with Crippen molar-refractivity contribution in [2.45, 2.75) is 24.0 Å². The summed E-state index contributed by atoms with van der Waals surface area (Å²) in [6.45, 7) is 0. The number of nitrogens with zero attached hydrogens (tertiary/aromatic N) is 4. The van der Waals surface area contributed by atoms with Crippen LogP contribution < -0.4 is 0 Å². The fourth-order valence-corrected chi connectivity index (χ4v) is 3.74. The second-order valence-electron chi connectivity index (χ2n) is 3.95. The second kappa shape index (κ2) is 5.10. The summed E-state index contributed by atoms with van der Waals surface area (Å²) in [6, 6.07) is 4.16. The molecule has 1 fully saturated rings. The average Bonchev–Trinajstić information content (AvgIpc) is 2.94. The number of aromatic nitrogens is 4. The average molecular weight is 345 g/mol. The fraction of sp³-hybridized carbons (Fsp3) is 0.400. The maximum absolute atomic E-state index is 11.9. The first-order valence-electron chi connectivity index (χ1n) is 5.43. The minimum Gasteiger partial charge on any atom is -0.292 e. The van der Waals surface area contributed by atoms with Gasteiger partial charge in [0.1, 0.15) is 0 Å². The quantitative estimate of drug-likeness (QED) is 0.616. The summed E-state index contributed by atoms with van der Waals surface area (Å²) in [7, 11) is 0. The lowest BCUT2D eigenvalue weighted by atomic mass is 10.4. The minimum atomic E-state index is 0.112. The highest BCUT2D eigenvalue weighted by Crippen LogP contribution is 2.36. The highest BCUT2D eigenvalue weighted by molar-refractivity contribution is 9.11. The smallest absolute Gasteiger partial charge is 0.210 e. The highest BCUT2D eigenvalue weighted by atomic mass is 79.9. The van der Waals surface area contributed by atoms with E-state index in [0.29, 0.717) is 11.8 Å². The molecule has 5 nitrogen and oxygen atoms in total. The Morgan fingerprint density at radius 1 is 1.56 bits per heavy atom. The summed E-state index contributed by atoms with van der Waals surface area (Å²) in [4.78, 5) is 12.7. The van der Waals surface area contributed by atoms with Gasteiger partial charge in [-0.15, -0.1) is 16.4 Å². The van der Waals surface area contributed by atoms with Crippen LogP contribution in [0.25, 0.3) is 0 Å². The Bertz CT molecular complexity index is 578. The number of Topliss-reactive ketones (excluding diaryl/α,β-unsaturated/α-hetero) is 1. The third-order valence-electron chi connectivity index (χ3n) is 2.54. The molecule has 2 heterocycles. The van der Waals surface area contributed by atoms with Gasteiger partial charge in [-0.05, 0) is 51.3 Å². The van der Waals surface area contributed by atoms with Crippen molar-refractivity contribution in [3.63, 3.8) is 0 Å². The number of rotatable bonds is 5. The molecule has 3 rings (SSSR count). The van der Waals surface area contributed by atoms with E-state index in [9.17, 15) is 4.79 Å². The molecule has 0 N–H and O–H groups in total. The largest absolute Gasteiger partial charge is 0.292 e. The van der Waals surface area contributed by atoms with Crippen molar-refractivity contribution in [1.29, 1.82) is 0 Å². The van der Waals surface area contributed by atoms with Gasteiger partial charge in [-0.2, -0.15) is 0 Å². The van der Waals surface area contributed by atoms with E-state index in [1.165, 1.54) is 23.1 Å². The minimum absolute atomic E-state index is 0.112. The predicted octanol–water partition coefficient (Wildman–Crippen LogP) is 2.81. The third-order valence-corrected chi connectivity index (χ3v) is 5.13. The maximum atomic E-state index is 11.9. The summed E-state index contributed by atoms with van der Waals surface area (Å²) in [5, 5.41) is 12.3. The van der Waals surface area contributed by atoms with Crippen molar-refractivity contribution in [2.24, 2.45) is 0 Å². The van der Waals surface area contributed by atoms with Crippen LogP contribution in [-0.4, -0.2) is 31.7 Å².